The van der Waals surface area contributed by atoms with Crippen LogP contribution in [0.5, 0.6) is 5.75 Å². The van der Waals surface area contributed by atoms with Gasteiger partial charge < -0.3 is 14.8 Å². The molecular weight excluding hydrogens is 282 g/mol. The first-order valence-electron chi connectivity index (χ1n) is 6.63. The SMILES string of the molecule is CC(=O)c1cn2cc(C(=O)Nc3ccc(O)cc3)ccc2n1. The average molecular weight is 295 g/mol. The fourth-order valence-corrected chi connectivity index (χ4v) is 2.04. The zero-order chi connectivity index (χ0) is 15.7. The number of aromatic nitrogens is 2. The molecule has 0 aliphatic heterocycles. The Morgan fingerprint density at radius 1 is 1.09 bits per heavy atom. The van der Waals surface area contributed by atoms with Crippen molar-refractivity contribution in [3.8, 4) is 5.75 Å². The summed E-state index contributed by atoms with van der Waals surface area (Å²) in [6, 6.07) is 9.52. The van der Waals surface area contributed by atoms with Gasteiger partial charge in [0.1, 0.15) is 17.1 Å². The maximum atomic E-state index is 12.2. The number of phenols is 1. The lowest BCUT2D eigenvalue weighted by Crippen LogP contribution is -2.12. The summed E-state index contributed by atoms with van der Waals surface area (Å²) in [4.78, 5) is 27.7. The zero-order valence-corrected chi connectivity index (χ0v) is 11.8. The minimum atomic E-state index is -0.286. The molecule has 2 heterocycles. The second-order valence-corrected chi connectivity index (χ2v) is 4.87. The molecule has 0 aliphatic carbocycles. The van der Waals surface area contributed by atoms with Crippen LogP contribution in [0.2, 0.25) is 0 Å². The molecule has 0 saturated heterocycles. The van der Waals surface area contributed by atoms with Crippen LogP contribution in [0, 0.1) is 0 Å². The quantitative estimate of drug-likeness (QED) is 0.574. The van der Waals surface area contributed by atoms with Gasteiger partial charge in [-0.1, -0.05) is 0 Å². The Balaban J connectivity index is 1.87. The van der Waals surface area contributed by atoms with Gasteiger partial charge in [-0.3, -0.25) is 9.59 Å². The first kappa shape index (κ1) is 13.8. The summed E-state index contributed by atoms with van der Waals surface area (Å²) in [6.45, 7) is 1.44. The van der Waals surface area contributed by atoms with E-state index in [1.165, 1.54) is 19.1 Å². The van der Waals surface area contributed by atoms with Crippen molar-refractivity contribution in [2.45, 2.75) is 6.92 Å². The van der Waals surface area contributed by atoms with Crippen molar-refractivity contribution in [3.63, 3.8) is 0 Å². The van der Waals surface area contributed by atoms with E-state index in [-0.39, 0.29) is 17.4 Å². The fourth-order valence-electron chi connectivity index (χ4n) is 2.04. The molecule has 0 atom stereocenters. The van der Waals surface area contributed by atoms with Crippen molar-refractivity contribution < 1.29 is 14.7 Å². The van der Waals surface area contributed by atoms with Gasteiger partial charge in [0.05, 0.1) is 5.56 Å². The van der Waals surface area contributed by atoms with E-state index < -0.39 is 0 Å². The van der Waals surface area contributed by atoms with E-state index in [0.717, 1.165) is 0 Å². The number of Topliss-reactive ketones (excluding diaryl/α,β-unsaturated/α-hetero) is 1. The molecule has 0 bridgehead atoms. The van der Waals surface area contributed by atoms with E-state index in [1.807, 2.05) is 0 Å². The number of imidazole rings is 1. The smallest absolute Gasteiger partial charge is 0.257 e. The number of amides is 1. The van der Waals surface area contributed by atoms with Crippen LogP contribution in [0.1, 0.15) is 27.8 Å². The predicted molar refractivity (Wildman–Crippen MR) is 81.3 cm³/mol. The predicted octanol–water partition coefficient (Wildman–Crippen LogP) is 2.49. The molecule has 0 aliphatic rings. The second-order valence-electron chi connectivity index (χ2n) is 4.87. The highest BCUT2D eigenvalue weighted by Crippen LogP contribution is 2.15. The van der Waals surface area contributed by atoms with Crippen molar-refractivity contribution in [2.24, 2.45) is 0 Å². The van der Waals surface area contributed by atoms with Crippen molar-refractivity contribution >= 4 is 23.0 Å². The van der Waals surface area contributed by atoms with Gasteiger partial charge in [0.25, 0.3) is 5.91 Å². The largest absolute Gasteiger partial charge is 0.508 e. The highest BCUT2D eigenvalue weighted by molar-refractivity contribution is 6.04. The summed E-state index contributed by atoms with van der Waals surface area (Å²) in [5.41, 5.74) is 1.98. The molecule has 0 fully saturated rings. The van der Waals surface area contributed by atoms with Gasteiger partial charge in [-0.25, -0.2) is 4.98 Å². The van der Waals surface area contributed by atoms with Gasteiger partial charge >= 0.3 is 0 Å². The lowest BCUT2D eigenvalue weighted by molar-refractivity contribution is 0.101. The number of hydrogen-bond acceptors (Lipinski definition) is 4. The van der Waals surface area contributed by atoms with E-state index in [1.54, 1.807) is 41.1 Å². The molecule has 2 N–H and O–H groups in total. The maximum Gasteiger partial charge on any atom is 0.257 e. The molecule has 22 heavy (non-hydrogen) atoms. The Kier molecular flexibility index (Phi) is 3.34. The summed E-state index contributed by atoms with van der Waals surface area (Å²) in [7, 11) is 0. The van der Waals surface area contributed by atoms with Crippen molar-refractivity contribution in [3.05, 3.63) is 60.0 Å². The number of nitrogens with one attached hydrogen (secondary N) is 1. The maximum absolute atomic E-state index is 12.2. The molecule has 0 spiro atoms. The minimum absolute atomic E-state index is 0.126. The van der Waals surface area contributed by atoms with Crippen LogP contribution in [0.3, 0.4) is 0 Å². The molecule has 3 aromatic rings. The van der Waals surface area contributed by atoms with Crippen LogP contribution >= 0.6 is 0 Å². The Bertz CT molecular complexity index is 866. The van der Waals surface area contributed by atoms with Crippen LogP contribution in [0.15, 0.2) is 48.8 Å². The van der Waals surface area contributed by atoms with Gasteiger partial charge in [0.2, 0.25) is 0 Å². The van der Waals surface area contributed by atoms with Crippen LogP contribution in [0.4, 0.5) is 5.69 Å². The van der Waals surface area contributed by atoms with E-state index in [0.29, 0.717) is 22.6 Å². The first-order valence-corrected chi connectivity index (χ1v) is 6.63. The van der Waals surface area contributed by atoms with Gasteiger partial charge in [-0.2, -0.15) is 0 Å². The zero-order valence-electron chi connectivity index (χ0n) is 11.8. The Hall–Kier alpha value is -3.15. The number of hydrogen-bond donors (Lipinski definition) is 2. The summed E-state index contributed by atoms with van der Waals surface area (Å²) < 4.78 is 1.64. The number of ketones is 1. The second kappa shape index (κ2) is 5.33. The van der Waals surface area contributed by atoms with Crippen LogP contribution in [-0.4, -0.2) is 26.2 Å². The highest BCUT2D eigenvalue weighted by Gasteiger charge is 2.10. The fraction of sp³-hybridized carbons (Fsp3) is 0.0625. The number of anilines is 1. The Morgan fingerprint density at radius 3 is 2.50 bits per heavy atom. The third-order valence-corrected chi connectivity index (χ3v) is 3.20. The number of nitrogens with zero attached hydrogens (tertiary/aromatic N) is 2. The van der Waals surface area contributed by atoms with Gasteiger partial charge in [-0.05, 0) is 36.4 Å². The first-order chi connectivity index (χ1) is 10.5. The van der Waals surface area contributed by atoms with E-state index in [2.05, 4.69) is 10.3 Å². The molecule has 1 aromatic carbocycles. The minimum Gasteiger partial charge on any atom is -0.508 e. The van der Waals surface area contributed by atoms with Gasteiger partial charge in [0, 0.05) is 25.0 Å². The molecule has 0 saturated carbocycles. The number of phenolic OH excluding ortho intramolecular Hbond substituents is 1. The topological polar surface area (TPSA) is 83.7 Å². The molecule has 0 unspecified atom stereocenters. The molecular formula is C16H13N3O3. The average Bonchev–Trinajstić information content (AvgIpc) is 2.93. The van der Waals surface area contributed by atoms with Crippen LogP contribution < -0.4 is 5.32 Å². The number of carbonyl (C=O) groups excluding carboxylic acids is 2. The van der Waals surface area contributed by atoms with E-state index in [9.17, 15) is 14.7 Å². The van der Waals surface area contributed by atoms with E-state index in [4.69, 9.17) is 0 Å². The molecule has 6 nitrogen and oxygen atoms in total. The molecule has 110 valence electrons. The van der Waals surface area contributed by atoms with E-state index >= 15 is 0 Å². The third-order valence-electron chi connectivity index (χ3n) is 3.20. The van der Waals surface area contributed by atoms with Crippen LogP contribution in [-0.2, 0) is 0 Å². The van der Waals surface area contributed by atoms with Gasteiger partial charge in [0.15, 0.2) is 5.78 Å². The monoisotopic (exact) mass is 295 g/mol. The number of rotatable bonds is 3. The normalized spacial score (nSPS) is 10.6. The lowest BCUT2D eigenvalue weighted by atomic mass is 10.2. The number of pyridine rings is 1. The summed E-state index contributed by atoms with van der Waals surface area (Å²) in [6.07, 6.45) is 3.21. The number of aromatic hydroxyl groups is 1. The molecule has 3 rings (SSSR count). The Morgan fingerprint density at radius 2 is 1.82 bits per heavy atom. The summed E-state index contributed by atoms with van der Waals surface area (Å²) in [5.74, 6) is -0.279. The third kappa shape index (κ3) is 2.67. The number of carbonyl (C=O) groups is 2. The standard InChI is InChI=1S/C16H13N3O3/c1-10(20)14-9-19-8-11(2-7-15(19)18-14)16(22)17-12-3-5-13(21)6-4-12/h2-9,21H,1H3,(H,17,22). The molecule has 0 radical (unpaired) electrons. The van der Waals surface area contributed by atoms with Gasteiger partial charge in [-0.15, -0.1) is 0 Å². The summed E-state index contributed by atoms with van der Waals surface area (Å²) >= 11 is 0. The highest BCUT2D eigenvalue weighted by atomic mass is 16.3. The molecule has 2 aromatic heterocycles. The van der Waals surface area contributed by atoms with Crippen LogP contribution in [0.25, 0.3) is 5.65 Å². The Labute approximate surface area is 126 Å². The number of fused-ring (bicyclic) bond motifs is 1. The molecule has 6 heteroatoms. The van der Waals surface area contributed by atoms with Crippen molar-refractivity contribution in [1.82, 2.24) is 9.38 Å². The summed E-state index contributed by atoms with van der Waals surface area (Å²) in [5, 5.41) is 12.0. The molecule has 1 amide bonds. The number of benzene rings is 1. The van der Waals surface area contributed by atoms with Crippen molar-refractivity contribution in [1.29, 1.82) is 0 Å². The van der Waals surface area contributed by atoms with Crippen molar-refractivity contribution in [2.75, 3.05) is 5.32 Å². The lowest BCUT2D eigenvalue weighted by Gasteiger charge is -2.05.